The molecule has 126 valence electrons. The number of carbonyl (C=O) groups excluding carboxylic acids is 2. The van der Waals surface area contributed by atoms with Gasteiger partial charge in [0, 0.05) is 13.1 Å². The third kappa shape index (κ3) is 4.79. The fourth-order valence-corrected chi connectivity index (χ4v) is 2.82. The fraction of sp³-hybridized carbons (Fsp3) is 0.556. The summed E-state index contributed by atoms with van der Waals surface area (Å²) in [5, 5.41) is 2.88. The van der Waals surface area contributed by atoms with Gasteiger partial charge in [0.1, 0.15) is 11.6 Å². The van der Waals surface area contributed by atoms with Crippen LogP contribution >= 0.6 is 0 Å². The largest absolute Gasteiger partial charge is 0.457 e. The van der Waals surface area contributed by atoms with Crippen LogP contribution in [0, 0.1) is 6.92 Å². The Labute approximate surface area is 138 Å². The van der Waals surface area contributed by atoms with Gasteiger partial charge in [-0.3, -0.25) is 14.5 Å². The van der Waals surface area contributed by atoms with Gasteiger partial charge >= 0.3 is 5.97 Å². The van der Waals surface area contributed by atoms with E-state index in [-0.39, 0.29) is 18.3 Å². The van der Waals surface area contributed by atoms with Gasteiger partial charge in [0.25, 0.3) is 0 Å². The maximum absolute atomic E-state index is 12.2. The number of hydrogen-bond acceptors (Lipinski definition) is 4. The maximum Gasteiger partial charge on any atom is 0.324 e. The molecule has 5 heteroatoms. The van der Waals surface area contributed by atoms with Gasteiger partial charge in [-0.25, -0.2) is 0 Å². The molecule has 1 atom stereocenters. The number of likely N-dealkylation sites (N-methyl/N-ethyl adjacent to an activating group) is 1. The average molecular weight is 318 g/mol. The van der Waals surface area contributed by atoms with Gasteiger partial charge in [0.05, 0.1) is 6.42 Å². The molecule has 1 saturated heterocycles. The summed E-state index contributed by atoms with van der Waals surface area (Å²) in [7, 11) is 0. The van der Waals surface area contributed by atoms with Crippen molar-refractivity contribution >= 4 is 11.9 Å². The monoisotopic (exact) mass is 318 g/mol. The highest BCUT2D eigenvalue weighted by Crippen LogP contribution is 2.23. The van der Waals surface area contributed by atoms with Gasteiger partial charge in [0.15, 0.2) is 0 Å². The minimum Gasteiger partial charge on any atom is -0.457 e. The van der Waals surface area contributed by atoms with Crippen molar-refractivity contribution in [3.8, 4) is 0 Å². The first-order valence-electron chi connectivity index (χ1n) is 8.10. The quantitative estimate of drug-likeness (QED) is 0.844. The third-order valence-electron chi connectivity index (χ3n) is 4.07. The summed E-state index contributed by atoms with van der Waals surface area (Å²) in [6.45, 7) is 9.63. The number of aryl methyl sites for hydroxylation is 1. The summed E-state index contributed by atoms with van der Waals surface area (Å²) >= 11 is 0. The second-order valence-electron chi connectivity index (χ2n) is 6.73. The molecule has 0 saturated carbocycles. The molecule has 1 aromatic rings. The molecule has 1 heterocycles. The summed E-state index contributed by atoms with van der Waals surface area (Å²) in [5.41, 5.74) is 1.73. The number of benzene rings is 1. The van der Waals surface area contributed by atoms with Crippen molar-refractivity contribution in [2.45, 2.75) is 52.3 Å². The van der Waals surface area contributed by atoms with E-state index in [4.69, 9.17) is 4.74 Å². The first kappa shape index (κ1) is 17.5. The number of ether oxygens (including phenoxy) is 1. The van der Waals surface area contributed by atoms with E-state index in [9.17, 15) is 9.59 Å². The average Bonchev–Trinajstić information content (AvgIpc) is 2.48. The topological polar surface area (TPSA) is 58.6 Å². The van der Waals surface area contributed by atoms with Crippen LogP contribution in [0.5, 0.6) is 0 Å². The molecule has 0 aromatic heterocycles. The van der Waals surface area contributed by atoms with Gasteiger partial charge in [0.2, 0.25) is 5.91 Å². The molecule has 1 amide bonds. The molecular formula is C18H26N2O3. The summed E-state index contributed by atoms with van der Waals surface area (Å²) in [5.74, 6) is -0.445. The Bertz CT molecular complexity index is 566. The standard InChI is InChI=1S/C18H26N2O3/c1-5-20-12-18(3,4)23-17(22)15(20)10-16(21)19-11-14-8-6-13(2)7-9-14/h6-9,15H,5,10-12H2,1-4H3,(H,19,21). The van der Waals surface area contributed by atoms with E-state index in [2.05, 4.69) is 5.32 Å². The summed E-state index contributed by atoms with van der Waals surface area (Å²) < 4.78 is 5.43. The number of esters is 1. The van der Waals surface area contributed by atoms with Crippen LogP contribution in [0.1, 0.15) is 38.3 Å². The minimum atomic E-state index is -0.498. The molecule has 1 unspecified atom stereocenters. The summed E-state index contributed by atoms with van der Waals surface area (Å²) in [6, 6.07) is 7.52. The Morgan fingerprint density at radius 3 is 2.61 bits per heavy atom. The maximum atomic E-state index is 12.2. The molecule has 0 spiro atoms. The van der Waals surface area contributed by atoms with Crippen LogP contribution in [-0.4, -0.2) is 41.5 Å². The molecule has 1 aromatic carbocycles. The van der Waals surface area contributed by atoms with Crippen LogP contribution < -0.4 is 5.32 Å². The number of amides is 1. The van der Waals surface area contributed by atoms with Crippen molar-refractivity contribution in [3.05, 3.63) is 35.4 Å². The number of nitrogens with one attached hydrogen (secondary N) is 1. The second kappa shape index (κ2) is 7.13. The molecule has 1 fully saturated rings. The minimum absolute atomic E-state index is 0.134. The second-order valence-corrected chi connectivity index (χ2v) is 6.73. The lowest BCUT2D eigenvalue weighted by molar-refractivity contribution is -0.178. The van der Waals surface area contributed by atoms with Crippen molar-refractivity contribution in [2.75, 3.05) is 13.1 Å². The van der Waals surface area contributed by atoms with Crippen LogP contribution in [0.2, 0.25) is 0 Å². The highest BCUT2D eigenvalue weighted by molar-refractivity contribution is 5.85. The summed E-state index contributed by atoms with van der Waals surface area (Å²) in [6.07, 6.45) is 0.134. The van der Waals surface area contributed by atoms with Crippen LogP contribution in [-0.2, 0) is 20.9 Å². The van der Waals surface area contributed by atoms with Gasteiger partial charge in [-0.15, -0.1) is 0 Å². The lowest BCUT2D eigenvalue weighted by atomic mass is 10.0. The lowest BCUT2D eigenvalue weighted by Gasteiger charge is -2.41. The predicted molar refractivity (Wildman–Crippen MR) is 88.8 cm³/mol. The van der Waals surface area contributed by atoms with Gasteiger partial charge in [-0.05, 0) is 32.9 Å². The molecular weight excluding hydrogens is 292 g/mol. The van der Waals surface area contributed by atoms with E-state index in [1.54, 1.807) is 0 Å². The number of carbonyl (C=O) groups is 2. The number of rotatable bonds is 5. The molecule has 0 radical (unpaired) electrons. The number of hydrogen-bond donors (Lipinski definition) is 1. The number of morpholine rings is 1. The van der Waals surface area contributed by atoms with Gasteiger partial charge in [-0.1, -0.05) is 36.8 Å². The first-order chi connectivity index (χ1) is 10.8. The normalized spacial score (nSPS) is 20.9. The smallest absolute Gasteiger partial charge is 0.324 e. The fourth-order valence-electron chi connectivity index (χ4n) is 2.82. The van der Waals surface area contributed by atoms with Crippen LogP contribution in [0.4, 0.5) is 0 Å². The van der Waals surface area contributed by atoms with Crippen molar-refractivity contribution in [2.24, 2.45) is 0 Å². The number of nitrogens with zero attached hydrogens (tertiary/aromatic N) is 1. The Morgan fingerprint density at radius 2 is 2.00 bits per heavy atom. The van der Waals surface area contributed by atoms with Crippen LogP contribution in [0.3, 0.4) is 0 Å². The van der Waals surface area contributed by atoms with Crippen molar-refractivity contribution in [3.63, 3.8) is 0 Å². The van der Waals surface area contributed by atoms with E-state index in [1.165, 1.54) is 5.56 Å². The predicted octanol–water partition coefficient (Wildman–Crippen LogP) is 2.03. The van der Waals surface area contributed by atoms with Crippen LogP contribution in [0.25, 0.3) is 0 Å². The Morgan fingerprint density at radius 1 is 1.35 bits per heavy atom. The van der Waals surface area contributed by atoms with Gasteiger partial charge < -0.3 is 10.1 Å². The van der Waals surface area contributed by atoms with Crippen molar-refractivity contribution < 1.29 is 14.3 Å². The SMILES string of the molecule is CCN1CC(C)(C)OC(=O)C1CC(=O)NCc1ccc(C)cc1. The molecule has 1 N–H and O–H groups in total. The van der Waals surface area contributed by atoms with Gasteiger partial charge in [-0.2, -0.15) is 0 Å². The van der Waals surface area contributed by atoms with E-state index in [1.807, 2.05) is 56.9 Å². The zero-order chi connectivity index (χ0) is 17.0. The van der Waals surface area contributed by atoms with Crippen molar-refractivity contribution in [1.82, 2.24) is 10.2 Å². The third-order valence-corrected chi connectivity index (χ3v) is 4.07. The molecule has 0 bridgehead atoms. The van der Waals surface area contributed by atoms with E-state index < -0.39 is 11.6 Å². The zero-order valence-electron chi connectivity index (χ0n) is 14.4. The molecule has 1 aliphatic rings. The number of cyclic esters (lactones) is 1. The molecule has 1 aliphatic heterocycles. The first-order valence-corrected chi connectivity index (χ1v) is 8.10. The molecule has 5 nitrogen and oxygen atoms in total. The summed E-state index contributed by atoms with van der Waals surface area (Å²) in [4.78, 5) is 26.4. The Hall–Kier alpha value is -1.88. The van der Waals surface area contributed by atoms with E-state index in [0.717, 1.165) is 5.56 Å². The van der Waals surface area contributed by atoms with E-state index in [0.29, 0.717) is 19.6 Å². The highest BCUT2D eigenvalue weighted by Gasteiger charge is 2.40. The highest BCUT2D eigenvalue weighted by atomic mass is 16.6. The zero-order valence-corrected chi connectivity index (χ0v) is 14.4. The molecule has 23 heavy (non-hydrogen) atoms. The van der Waals surface area contributed by atoms with E-state index >= 15 is 0 Å². The lowest BCUT2D eigenvalue weighted by Crippen LogP contribution is -2.57. The van der Waals surface area contributed by atoms with Crippen molar-refractivity contribution in [1.29, 1.82) is 0 Å². The molecule has 2 rings (SSSR count). The Kier molecular flexibility index (Phi) is 5.42. The van der Waals surface area contributed by atoms with Crippen LogP contribution in [0.15, 0.2) is 24.3 Å². The molecule has 0 aliphatic carbocycles. The Balaban J connectivity index is 1.90.